The molecule has 2 N–H and O–H groups in total. The summed E-state index contributed by atoms with van der Waals surface area (Å²) < 4.78 is 0. The van der Waals surface area contributed by atoms with E-state index in [2.05, 4.69) is 50.3 Å². The van der Waals surface area contributed by atoms with E-state index in [0.29, 0.717) is 0 Å². The quantitative estimate of drug-likeness (QED) is 0.0548. The smallest absolute Gasteiger partial charge is 0.0574 e. The molecule has 224 valence electrons. The molecule has 0 bridgehead atoms. The maximum Gasteiger partial charge on any atom is 0.0574 e. The van der Waals surface area contributed by atoms with Crippen molar-refractivity contribution in [1.82, 2.24) is 0 Å². The minimum Gasteiger partial charge on any atom is -0.393 e. The third-order valence-corrected chi connectivity index (χ3v) is 7.64. The summed E-state index contributed by atoms with van der Waals surface area (Å²) in [6, 6.07) is 0. The Morgan fingerprint density at radius 2 is 0.763 bits per heavy atom. The van der Waals surface area contributed by atoms with Crippen LogP contribution >= 0.6 is 0 Å². The average Bonchev–Trinajstić information content (AvgIpc) is 2.92. The Bertz CT molecular complexity index is 521. The molecule has 0 saturated heterocycles. The molecular weight excluding hydrogens is 464 g/mol. The maximum absolute atomic E-state index is 10.0. The highest BCUT2D eigenvalue weighted by molar-refractivity contribution is 5.02. The van der Waals surface area contributed by atoms with Crippen LogP contribution in [0.1, 0.15) is 181 Å². The van der Waals surface area contributed by atoms with Gasteiger partial charge < -0.3 is 10.2 Å². The Kier molecular flexibility index (Phi) is 31.6. The van der Waals surface area contributed by atoms with Crippen LogP contribution in [0, 0.1) is 0 Å². The number of rotatable bonds is 30. The maximum atomic E-state index is 10.0. The summed E-state index contributed by atoms with van der Waals surface area (Å²) in [5, 5.41) is 20.0. The van der Waals surface area contributed by atoms with Crippen molar-refractivity contribution in [2.45, 2.75) is 193 Å². The lowest BCUT2D eigenvalue weighted by molar-refractivity contribution is 0.147. The number of aliphatic hydroxyl groups excluding tert-OH is 2. The van der Waals surface area contributed by atoms with Crippen LogP contribution < -0.4 is 0 Å². The molecule has 0 aromatic heterocycles. The van der Waals surface area contributed by atoms with Crippen LogP contribution in [0.2, 0.25) is 0 Å². The topological polar surface area (TPSA) is 40.5 Å². The van der Waals surface area contributed by atoms with Crippen molar-refractivity contribution in [3.63, 3.8) is 0 Å². The first-order chi connectivity index (χ1) is 18.7. The highest BCUT2D eigenvalue weighted by Crippen LogP contribution is 2.14. The molecule has 0 radical (unpaired) electrons. The molecule has 0 fully saturated rings. The first-order valence-corrected chi connectivity index (χ1v) is 17.0. The van der Waals surface area contributed by atoms with Gasteiger partial charge in [0.25, 0.3) is 0 Å². The molecule has 0 aromatic carbocycles. The first kappa shape index (κ1) is 37.1. The summed E-state index contributed by atoms with van der Waals surface area (Å²) >= 11 is 0. The van der Waals surface area contributed by atoms with Gasteiger partial charge in [-0.25, -0.2) is 0 Å². The molecule has 2 atom stereocenters. The third-order valence-electron chi connectivity index (χ3n) is 7.64. The second kappa shape index (κ2) is 32.4. The molecule has 0 amide bonds. The van der Waals surface area contributed by atoms with E-state index in [0.717, 1.165) is 32.1 Å². The lowest BCUT2D eigenvalue weighted by atomic mass is 10.0. The zero-order valence-corrected chi connectivity index (χ0v) is 25.9. The number of hydrogen-bond acceptors (Lipinski definition) is 2. The summed E-state index contributed by atoms with van der Waals surface area (Å²) in [5.41, 5.74) is 0. The van der Waals surface area contributed by atoms with Gasteiger partial charge in [-0.2, -0.15) is 0 Å². The van der Waals surface area contributed by atoms with Crippen LogP contribution in [0.25, 0.3) is 0 Å². The van der Waals surface area contributed by atoms with Crippen molar-refractivity contribution in [2.24, 2.45) is 0 Å². The zero-order valence-electron chi connectivity index (χ0n) is 25.9. The van der Waals surface area contributed by atoms with E-state index in [4.69, 9.17) is 0 Å². The molecule has 0 spiro atoms. The number of hydrogen-bond donors (Lipinski definition) is 2. The van der Waals surface area contributed by atoms with E-state index in [-0.39, 0.29) is 12.2 Å². The minimum atomic E-state index is -0.139. The van der Waals surface area contributed by atoms with Gasteiger partial charge in [0.05, 0.1) is 12.2 Å². The molecule has 2 heteroatoms. The highest BCUT2D eigenvalue weighted by Gasteiger charge is 2.03. The van der Waals surface area contributed by atoms with Gasteiger partial charge in [0.1, 0.15) is 0 Å². The Morgan fingerprint density at radius 1 is 0.395 bits per heavy atom. The summed E-state index contributed by atoms with van der Waals surface area (Å²) in [6.07, 6.45) is 45.2. The monoisotopic (exact) mass is 533 g/mol. The van der Waals surface area contributed by atoms with Gasteiger partial charge in [-0.1, -0.05) is 153 Å². The van der Waals surface area contributed by atoms with Gasteiger partial charge >= 0.3 is 0 Å². The van der Waals surface area contributed by atoms with Gasteiger partial charge in [0.2, 0.25) is 0 Å². The van der Waals surface area contributed by atoms with Crippen LogP contribution in [-0.4, -0.2) is 22.4 Å². The van der Waals surface area contributed by atoms with Gasteiger partial charge in [-0.3, -0.25) is 0 Å². The molecule has 38 heavy (non-hydrogen) atoms. The van der Waals surface area contributed by atoms with E-state index in [9.17, 15) is 10.2 Å². The van der Waals surface area contributed by atoms with Crippen molar-refractivity contribution in [2.75, 3.05) is 0 Å². The van der Waals surface area contributed by atoms with Crippen LogP contribution in [0.5, 0.6) is 0 Å². The Labute approximate surface area is 239 Å². The van der Waals surface area contributed by atoms with Crippen LogP contribution in [0.4, 0.5) is 0 Å². The number of aliphatic hydroxyl groups is 2. The standard InChI is InChI=1S/C36H68O2/c1-3-5-7-27-31-35(37)33-29-25-23-21-19-17-15-13-11-9-10-12-14-16-18-20-22-24-26-30-34-36(38)32-28-8-6-4-2/h9-12,25,29,35-38H,3-8,13-24,26-28,30-34H2,1-2H3/b11-9?,12-10?,29-25-/t35-,36?/m1/s1. The second-order valence-electron chi connectivity index (χ2n) is 11.6. The summed E-state index contributed by atoms with van der Waals surface area (Å²) in [7, 11) is 0. The molecule has 0 aliphatic carbocycles. The highest BCUT2D eigenvalue weighted by atomic mass is 16.3. The molecule has 1 unspecified atom stereocenters. The molecule has 0 rings (SSSR count). The van der Waals surface area contributed by atoms with Crippen molar-refractivity contribution in [3.05, 3.63) is 36.5 Å². The van der Waals surface area contributed by atoms with Crippen LogP contribution in [0.3, 0.4) is 0 Å². The van der Waals surface area contributed by atoms with E-state index < -0.39 is 0 Å². The number of allylic oxidation sites excluding steroid dienone is 5. The fourth-order valence-electron chi connectivity index (χ4n) is 5.00. The molecule has 0 heterocycles. The molecule has 0 aliphatic rings. The third kappa shape index (κ3) is 31.4. The first-order valence-electron chi connectivity index (χ1n) is 17.0. The Morgan fingerprint density at radius 3 is 1.24 bits per heavy atom. The lowest BCUT2D eigenvalue weighted by Gasteiger charge is -2.10. The molecule has 0 aromatic rings. The largest absolute Gasteiger partial charge is 0.393 e. The minimum absolute atomic E-state index is 0.0539. The average molecular weight is 533 g/mol. The van der Waals surface area contributed by atoms with Gasteiger partial charge in [-0.15, -0.1) is 0 Å². The summed E-state index contributed by atoms with van der Waals surface area (Å²) in [5.74, 6) is 0. The normalized spacial score (nSPS) is 13.9. The van der Waals surface area contributed by atoms with Gasteiger partial charge in [-0.05, 0) is 64.2 Å². The predicted octanol–water partition coefficient (Wildman–Crippen LogP) is 11.6. The SMILES string of the molecule is CCCCCCC(O)CCCCCCCCCC=CC=CCCCCCC/C=C\C[C@H](O)CCCCCC. The predicted molar refractivity (Wildman–Crippen MR) is 171 cm³/mol. The van der Waals surface area contributed by atoms with Crippen LogP contribution in [-0.2, 0) is 0 Å². The van der Waals surface area contributed by atoms with Crippen molar-refractivity contribution < 1.29 is 10.2 Å². The van der Waals surface area contributed by atoms with Gasteiger partial charge in [0.15, 0.2) is 0 Å². The van der Waals surface area contributed by atoms with E-state index in [1.54, 1.807) is 0 Å². The molecule has 2 nitrogen and oxygen atoms in total. The summed E-state index contributed by atoms with van der Waals surface area (Å²) in [6.45, 7) is 4.47. The van der Waals surface area contributed by atoms with Gasteiger partial charge in [0, 0.05) is 0 Å². The molecule has 0 saturated carbocycles. The van der Waals surface area contributed by atoms with E-state index >= 15 is 0 Å². The fourth-order valence-corrected chi connectivity index (χ4v) is 5.00. The Hall–Kier alpha value is -0.860. The Balaban J connectivity index is 3.32. The van der Waals surface area contributed by atoms with E-state index in [1.807, 2.05) is 0 Å². The fraction of sp³-hybridized carbons (Fsp3) is 0.833. The van der Waals surface area contributed by atoms with Crippen LogP contribution in [0.15, 0.2) is 36.5 Å². The van der Waals surface area contributed by atoms with Crippen molar-refractivity contribution in [3.8, 4) is 0 Å². The number of unbranched alkanes of at least 4 members (excludes halogenated alkanes) is 18. The van der Waals surface area contributed by atoms with Crippen molar-refractivity contribution >= 4 is 0 Å². The lowest BCUT2D eigenvalue weighted by Crippen LogP contribution is -2.05. The van der Waals surface area contributed by atoms with E-state index in [1.165, 1.54) is 135 Å². The molecular formula is C36H68O2. The molecule has 0 aliphatic heterocycles. The van der Waals surface area contributed by atoms with Crippen molar-refractivity contribution in [1.29, 1.82) is 0 Å². The second-order valence-corrected chi connectivity index (χ2v) is 11.6. The summed E-state index contributed by atoms with van der Waals surface area (Å²) in [4.78, 5) is 0. The zero-order chi connectivity index (χ0) is 27.8.